The molecule has 0 saturated carbocycles. The number of benzene rings is 2. The highest BCUT2D eigenvalue weighted by molar-refractivity contribution is 5.96. The quantitative estimate of drug-likeness (QED) is 0.354. The summed E-state index contributed by atoms with van der Waals surface area (Å²) in [4.78, 5) is 12.4. The van der Waals surface area contributed by atoms with Crippen molar-refractivity contribution < 1.29 is 31.1 Å². The molecular formula is C30H32F6N2O. The molecular weight excluding hydrogens is 518 g/mol. The Morgan fingerprint density at radius 2 is 1.44 bits per heavy atom. The fourth-order valence-corrected chi connectivity index (χ4v) is 4.10. The summed E-state index contributed by atoms with van der Waals surface area (Å²) >= 11 is 0. The van der Waals surface area contributed by atoms with Crippen LogP contribution in [0.2, 0.25) is 0 Å². The number of carbonyl (C=O) groups excluding carboxylic acids is 1. The topological polar surface area (TPSA) is 41.1 Å². The Labute approximate surface area is 224 Å². The Morgan fingerprint density at radius 1 is 0.846 bits per heavy atom. The number of halogens is 6. The summed E-state index contributed by atoms with van der Waals surface area (Å²) in [7, 11) is 0. The number of hydrogen-bond donors (Lipinski definition) is 2. The number of amides is 1. The maximum absolute atomic E-state index is 14.1. The van der Waals surface area contributed by atoms with E-state index in [4.69, 9.17) is 0 Å². The average molecular weight is 551 g/mol. The Bertz CT molecular complexity index is 1310. The molecule has 0 bridgehead atoms. The van der Waals surface area contributed by atoms with E-state index in [1.54, 1.807) is 32.1 Å². The van der Waals surface area contributed by atoms with Gasteiger partial charge in [-0.15, -0.1) is 0 Å². The summed E-state index contributed by atoms with van der Waals surface area (Å²) in [5, 5.41) is 5.79. The second kappa shape index (κ2) is 11.3. The molecule has 0 radical (unpaired) electrons. The van der Waals surface area contributed by atoms with Crippen LogP contribution in [0.1, 0.15) is 63.6 Å². The number of carbonyl (C=O) groups is 1. The third-order valence-corrected chi connectivity index (χ3v) is 6.07. The molecule has 0 atom stereocenters. The van der Waals surface area contributed by atoms with Crippen molar-refractivity contribution in [2.24, 2.45) is 0 Å². The zero-order valence-electron chi connectivity index (χ0n) is 22.4. The lowest BCUT2D eigenvalue weighted by Crippen LogP contribution is -2.41. The molecule has 2 N–H and O–H groups in total. The zero-order chi connectivity index (χ0) is 29.2. The largest absolute Gasteiger partial charge is 0.417 e. The van der Waals surface area contributed by atoms with Crippen LogP contribution in [-0.4, -0.2) is 18.0 Å². The van der Waals surface area contributed by atoms with Gasteiger partial charge >= 0.3 is 12.4 Å². The standard InChI is InChI=1S/C30H32F6N2O/c1-18(2)21-11-13-23(25(15-21)29(31,32)33)24-14-12-22(16-26(24)30(34,35)36)37-17-19-7-6-8-20(10-9-19)27(39)38-28(3,4)5/h7-16,18,37H,6,17H2,1-5H3,(H,38,39). The van der Waals surface area contributed by atoms with Gasteiger partial charge in [-0.2, -0.15) is 26.3 Å². The molecule has 0 aromatic heterocycles. The van der Waals surface area contributed by atoms with Gasteiger partial charge < -0.3 is 10.6 Å². The smallest absolute Gasteiger partial charge is 0.381 e. The van der Waals surface area contributed by atoms with Crippen LogP contribution in [0.3, 0.4) is 0 Å². The van der Waals surface area contributed by atoms with Gasteiger partial charge in [0, 0.05) is 23.3 Å². The van der Waals surface area contributed by atoms with Crippen LogP contribution in [-0.2, 0) is 17.1 Å². The Balaban J connectivity index is 1.87. The normalized spacial score (nSPS) is 14.6. The summed E-state index contributed by atoms with van der Waals surface area (Å²) in [5.74, 6) is -0.452. The monoisotopic (exact) mass is 550 g/mol. The van der Waals surface area contributed by atoms with Crippen molar-refractivity contribution in [2.75, 3.05) is 11.9 Å². The van der Waals surface area contributed by atoms with Crippen LogP contribution in [0.15, 0.2) is 71.8 Å². The number of nitrogens with one attached hydrogen (secondary N) is 2. The lowest BCUT2D eigenvalue weighted by atomic mass is 9.90. The second-order valence-electron chi connectivity index (χ2n) is 10.8. The zero-order valence-corrected chi connectivity index (χ0v) is 22.4. The van der Waals surface area contributed by atoms with Gasteiger partial charge in [0.2, 0.25) is 0 Å². The van der Waals surface area contributed by atoms with Crippen molar-refractivity contribution in [3.63, 3.8) is 0 Å². The van der Waals surface area contributed by atoms with E-state index in [2.05, 4.69) is 10.6 Å². The number of anilines is 1. The molecule has 1 aliphatic rings. The van der Waals surface area contributed by atoms with E-state index in [9.17, 15) is 31.1 Å². The van der Waals surface area contributed by atoms with E-state index >= 15 is 0 Å². The van der Waals surface area contributed by atoms with E-state index < -0.39 is 40.1 Å². The number of allylic oxidation sites excluding steroid dienone is 2. The van der Waals surface area contributed by atoms with E-state index in [1.165, 1.54) is 12.1 Å². The number of alkyl halides is 6. The average Bonchev–Trinajstić information content (AvgIpc) is 3.06. The molecule has 0 aliphatic heterocycles. The molecule has 1 amide bonds. The van der Waals surface area contributed by atoms with Crippen LogP contribution in [0.25, 0.3) is 11.1 Å². The third-order valence-electron chi connectivity index (χ3n) is 6.07. The van der Waals surface area contributed by atoms with Crippen LogP contribution in [0.5, 0.6) is 0 Å². The molecule has 3 nitrogen and oxygen atoms in total. The molecule has 0 heterocycles. The highest BCUT2D eigenvalue weighted by atomic mass is 19.4. The fraction of sp³-hybridized carbons (Fsp3) is 0.367. The highest BCUT2D eigenvalue weighted by Gasteiger charge is 2.38. The van der Waals surface area contributed by atoms with Gasteiger partial charge in [0.15, 0.2) is 0 Å². The third kappa shape index (κ3) is 8.00. The lowest BCUT2D eigenvalue weighted by molar-refractivity contribution is -0.139. The molecule has 3 rings (SSSR count). The van der Waals surface area contributed by atoms with Crippen molar-refractivity contribution in [2.45, 2.75) is 64.8 Å². The van der Waals surface area contributed by atoms with Gasteiger partial charge in [0.05, 0.1) is 11.1 Å². The molecule has 210 valence electrons. The van der Waals surface area contributed by atoms with Gasteiger partial charge in [-0.3, -0.25) is 4.79 Å². The minimum absolute atomic E-state index is 0.107. The predicted molar refractivity (Wildman–Crippen MR) is 142 cm³/mol. The van der Waals surface area contributed by atoms with E-state index in [0.29, 0.717) is 17.6 Å². The lowest BCUT2D eigenvalue weighted by Gasteiger charge is -2.20. The predicted octanol–water partition coefficient (Wildman–Crippen LogP) is 8.65. The molecule has 1 aliphatic carbocycles. The van der Waals surface area contributed by atoms with Crippen molar-refractivity contribution in [3.8, 4) is 11.1 Å². The van der Waals surface area contributed by atoms with Gasteiger partial charge in [-0.1, -0.05) is 50.3 Å². The summed E-state index contributed by atoms with van der Waals surface area (Å²) < 4.78 is 83.8. The minimum Gasteiger partial charge on any atom is -0.381 e. The van der Waals surface area contributed by atoms with E-state index in [0.717, 1.165) is 29.8 Å². The first-order valence-electron chi connectivity index (χ1n) is 12.5. The van der Waals surface area contributed by atoms with Crippen LogP contribution in [0.4, 0.5) is 32.0 Å². The first-order valence-corrected chi connectivity index (χ1v) is 12.5. The molecule has 2 aromatic carbocycles. The van der Waals surface area contributed by atoms with Crippen molar-refractivity contribution in [3.05, 3.63) is 88.5 Å². The number of rotatable bonds is 6. The number of hydrogen-bond acceptors (Lipinski definition) is 2. The first-order chi connectivity index (χ1) is 18.0. The van der Waals surface area contributed by atoms with Crippen LogP contribution < -0.4 is 10.6 Å². The SMILES string of the molecule is CC(C)c1ccc(-c2ccc(NCC3=CCC=C(C(=O)NC(C)(C)C)C=C3)cc2C(F)(F)F)c(C(F)(F)F)c1. The summed E-state index contributed by atoms with van der Waals surface area (Å²) in [6.07, 6.45) is -2.31. The molecule has 0 unspecified atom stereocenters. The minimum atomic E-state index is -4.88. The van der Waals surface area contributed by atoms with Crippen molar-refractivity contribution in [1.29, 1.82) is 0 Å². The first kappa shape index (κ1) is 30.1. The Hall–Kier alpha value is -3.49. The van der Waals surface area contributed by atoms with Crippen LogP contribution in [0, 0.1) is 0 Å². The summed E-state index contributed by atoms with van der Waals surface area (Å²) in [6.45, 7) is 9.19. The molecule has 0 spiro atoms. The van der Waals surface area contributed by atoms with Gasteiger partial charge in [0.25, 0.3) is 5.91 Å². The fourth-order valence-electron chi connectivity index (χ4n) is 4.10. The summed E-state index contributed by atoms with van der Waals surface area (Å²) in [5.41, 5.74) is -2.02. The van der Waals surface area contributed by atoms with E-state index in [1.807, 2.05) is 26.8 Å². The summed E-state index contributed by atoms with van der Waals surface area (Å²) in [6, 6.07) is 6.68. The Kier molecular flexibility index (Phi) is 8.72. The molecule has 0 saturated heterocycles. The maximum atomic E-state index is 14.1. The maximum Gasteiger partial charge on any atom is 0.417 e. The molecule has 0 fully saturated rings. The molecule has 2 aromatic rings. The second-order valence-corrected chi connectivity index (χ2v) is 10.8. The highest BCUT2D eigenvalue weighted by Crippen LogP contribution is 2.44. The van der Waals surface area contributed by atoms with Crippen molar-refractivity contribution in [1.82, 2.24) is 5.32 Å². The van der Waals surface area contributed by atoms with E-state index in [-0.39, 0.29) is 24.1 Å². The van der Waals surface area contributed by atoms with Gasteiger partial charge in [-0.05, 0) is 79.6 Å². The van der Waals surface area contributed by atoms with Crippen LogP contribution >= 0.6 is 0 Å². The molecule has 39 heavy (non-hydrogen) atoms. The van der Waals surface area contributed by atoms with Gasteiger partial charge in [-0.25, -0.2) is 0 Å². The Morgan fingerprint density at radius 3 is 2.00 bits per heavy atom. The van der Waals surface area contributed by atoms with Crippen molar-refractivity contribution >= 4 is 11.6 Å². The molecule has 9 heteroatoms. The van der Waals surface area contributed by atoms with Gasteiger partial charge in [0.1, 0.15) is 0 Å².